The SMILES string of the molecule is NC(=O)COc1ccc(C=NNS(=O)(=O)c2ccccc2)cc1. The van der Waals surface area contributed by atoms with Crippen molar-refractivity contribution in [1.29, 1.82) is 0 Å². The van der Waals surface area contributed by atoms with Crippen LogP contribution in [0.5, 0.6) is 5.75 Å². The minimum absolute atomic E-state index is 0.132. The molecular formula is C15H15N3O4S. The van der Waals surface area contributed by atoms with E-state index >= 15 is 0 Å². The molecule has 1 amide bonds. The van der Waals surface area contributed by atoms with Crippen LogP contribution in [0.25, 0.3) is 0 Å². The van der Waals surface area contributed by atoms with Crippen molar-refractivity contribution in [2.45, 2.75) is 4.90 Å². The quantitative estimate of drug-likeness (QED) is 0.578. The average Bonchev–Trinajstić information content (AvgIpc) is 2.55. The third-order valence-corrected chi connectivity index (χ3v) is 3.94. The molecule has 0 heterocycles. The van der Waals surface area contributed by atoms with E-state index in [1.807, 2.05) is 0 Å². The summed E-state index contributed by atoms with van der Waals surface area (Å²) in [4.78, 5) is 12.9. The lowest BCUT2D eigenvalue weighted by atomic mass is 10.2. The van der Waals surface area contributed by atoms with Crippen molar-refractivity contribution >= 4 is 22.1 Å². The molecule has 7 nitrogen and oxygen atoms in total. The number of carbonyl (C=O) groups excluding carboxylic acids is 1. The number of ether oxygens (including phenoxy) is 1. The summed E-state index contributed by atoms with van der Waals surface area (Å²) in [6.45, 7) is -0.204. The molecular weight excluding hydrogens is 318 g/mol. The summed E-state index contributed by atoms with van der Waals surface area (Å²) < 4.78 is 29.0. The van der Waals surface area contributed by atoms with Crippen LogP contribution in [0.15, 0.2) is 64.6 Å². The number of benzene rings is 2. The lowest BCUT2D eigenvalue weighted by molar-refractivity contribution is -0.119. The summed E-state index contributed by atoms with van der Waals surface area (Å²) >= 11 is 0. The van der Waals surface area contributed by atoms with Crippen LogP contribution in [0, 0.1) is 0 Å². The van der Waals surface area contributed by atoms with Gasteiger partial charge in [-0.25, -0.2) is 4.83 Å². The van der Waals surface area contributed by atoms with Crippen molar-refractivity contribution in [3.8, 4) is 5.75 Å². The molecule has 0 unspecified atom stereocenters. The summed E-state index contributed by atoms with van der Waals surface area (Å²) in [5, 5.41) is 3.72. The maximum atomic E-state index is 11.9. The maximum absolute atomic E-state index is 11.9. The molecule has 0 bridgehead atoms. The number of carbonyl (C=O) groups is 1. The number of nitrogens with one attached hydrogen (secondary N) is 1. The van der Waals surface area contributed by atoms with E-state index in [1.54, 1.807) is 42.5 Å². The highest BCUT2D eigenvalue weighted by Crippen LogP contribution is 2.11. The number of amides is 1. The van der Waals surface area contributed by atoms with Crippen LogP contribution in [0.2, 0.25) is 0 Å². The minimum Gasteiger partial charge on any atom is -0.484 e. The first-order chi connectivity index (χ1) is 11.0. The van der Waals surface area contributed by atoms with E-state index in [4.69, 9.17) is 10.5 Å². The van der Waals surface area contributed by atoms with Crippen molar-refractivity contribution < 1.29 is 17.9 Å². The van der Waals surface area contributed by atoms with E-state index in [1.165, 1.54) is 18.3 Å². The highest BCUT2D eigenvalue weighted by molar-refractivity contribution is 7.89. The predicted molar refractivity (Wildman–Crippen MR) is 85.5 cm³/mol. The van der Waals surface area contributed by atoms with Crippen LogP contribution in [0.3, 0.4) is 0 Å². The zero-order chi connectivity index (χ0) is 16.7. The highest BCUT2D eigenvalue weighted by atomic mass is 32.2. The Balaban J connectivity index is 1.97. The second kappa shape index (κ2) is 7.41. The number of hydrogen-bond donors (Lipinski definition) is 2. The zero-order valence-corrected chi connectivity index (χ0v) is 12.9. The van der Waals surface area contributed by atoms with Gasteiger partial charge in [-0.3, -0.25) is 4.79 Å². The third-order valence-electron chi connectivity index (χ3n) is 2.70. The van der Waals surface area contributed by atoms with Gasteiger partial charge in [0.2, 0.25) is 0 Å². The molecule has 0 fully saturated rings. The van der Waals surface area contributed by atoms with Crippen LogP contribution in [-0.2, 0) is 14.8 Å². The Morgan fingerprint density at radius 1 is 1.13 bits per heavy atom. The van der Waals surface area contributed by atoms with Gasteiger partial charge < -0.3 is 10.5 Å². The lowest BCUT2D eigenvalue weighted by Gasteiger charge is -2.04. The molecule has 3 N–H and O–H groups in total. The van der Waals surface area contributed by atoms with Crippen LogP contribution >= 0.6 is 0 Å². The number of nitrogens with two attached hydrogens (primary N) is 1. The number of rotatable bonds is 7. The van der Waals surface area contributed by atoms with Gasteiger partial charge in [0.25, 0.3) is 15.9 Å². The highest BCUT2D eigenvalue weighted by Gasteiger charge is 2.10. The van der Waals surface area contributed by atoms with Crippen molar-refractivity contribution in [2.75, 3.05) is 6.61 Å². The monoisotopic (exact) mass is 333 g/mol. The number of hydrogen-bond acceptors (Lipinski definition) is 5. The molecule has 0 saturated heterocycles. The molecule has 0 aliphatic rings. The molecule has 120 valence electrons. The first-order valence-corrected chi connectivity index (χ1v) is 8.07. The zero-order valence-electron chi connectivity index (χ0n) is 12.0. The molecule has 2 rings (SSSR count). The normalized spacial score (nSPS) is 11.3. The molecule has 2 aromatic rings. The summed E-state index contributed by atoms with van der Waals surface area (Å²) in [5.74, 6) is -0.0863. The molecule has 0 aliphatic heterocycles. The lowest BCUT2D eigenvalue weighted by Crippen LogP contribution is -2.20. The van der Waals surface area contributed by atoms with Gasteiger partial charge in [0, 0.05) is 0 Å². The van der Waals surface area contributed by atoms with Gasteiger partial charge in [-0.15, -0.1) is 0 Å². The molecule has 0 saturated carbocycles. The average molecular weight is 333 g/mol. The topological polar surface area (TPSA) is 111 Å². The van der Waals surface area contributed by atoms with Gasteiger partial charge in [0.05, 0.1) is 11.1 Å². The Hall–Kier alpha value is -2.87. The van der Waals surface area contributed by atoms with Gasteiger partial charge in [0.1, 0.15) is 5.75 Å². The molecule has 0 atom stereocenters. The van der Waals surface area contributed by atoms with E-state index in [0.717, 1.165) is 0 Å². The van der Waals surface area contributed by atoms with E-state index in [2.05, 4.69) is 9.93 Å². The van der Waals surface area contributed by atoms with Crippen molar-refractivity contribution in [3.63, 3.8) is 0 Å². The fourth-order valence-corrected chi connectivity index (χ4v) is 2.44. The first-order valence-electron chi connectivity index (χ1n) is 6.58. The smallest absolute Gasteiger partial charge is 0.276 e. The maximum Gasteiger partial charge on any atom is 0.276 e. The van der Waals surface area contributed by atoms with E-state index < -0.39 is 15.9 Å². The fraction of sp³-hybridized carbons (Fsp3) is 0.0667. The Kier molecular flexibility index (Phi) is 5.32. The van der Waals surface area contributed by atoms with Gasteiger partial charge in [-0.05, 0) is 42.0 Å². The number of hydrazone groups is 1. The van der Waals surface area contributed by atoms with Crippen LogP contribution in [0.4, 0.5) is 0 Å². The largest absolute Gasteiger partial charge is 0.484 e. The van der Waals surface area contributed by atoms with E-state index in [0.29, 0.717) is 11.3 Å². The number of primary amides is 1. The van der Waals surface area contributed by atoms with Crippen molar-refractivity contribution in [2.24, 2.45) is 10.8 Å². The van der Waals surface area contributed by atoms with Gasteiger partial charge in [-0.1, -0.05) is 18.2 Å². The first kappa shape index (κ1) is 16.5. The predicted octanol–water partition coefficient (Wildman–Crippen LogP) is 0.863. The standard InChI is InChI=1S/C15H15N3O4S/c16-15(19)11-22-13-8-6-12(7-9-13)10-17-18-23(20,21)14-4-2-1-3-5-14/h1-10,18H,11H2,(H2,16,19). The Morgan fingerprint density at radius 3 is 2.39 bits per heavy atom. The Labute approximate surface area is 133 Å². The van der Waals surface area contributed by atoms with E-state index in [9.17, 15) is 13.2 Å². The summed E-state index contributed by atoms with van der Waals surface area (Å²) in [7, 11) is -3.68. The van der Waals surface area contributed by atoms with Crippen LogP contribution in [0.1, 0.15) is 5.56 Å². The molecule has 0 radical (unpaired) electrons. The summed E-state index contributed by atoms with van der Waals surface area (Å²) in [6, 6.07) is 14.5. The summed E-state index contributed by atoms with van der Waals surface area (Å²) in [5.41, 5.74) is 5.63. The van der Waals surface area contributed by atoms with Crippen LogP contribution in [-0.4, -0.2) is 27.1 Å². The fourth-order valence-electron chi connectivity index (χ4n) is 1.63. The van der Waals surface area contributed by atoms with Crippen molar-refractivity contribution in [3.05, 3.63) is 60.2 Å². The molecule has 0 aromatic heterocycles. The van der Waals surface area contributed by atoms with Gasteiger partial charge >= 0.3 is 0 Å². The molecule has 8 heteroatoms. The summed E-state index contributed by atoms with van der Waals surface area (Å²) in [6.07, 6.45) is 1.36. The van der Waals surface area contributed by atoms with E-state index in [-0.39, 0.29) is 11.5 Å². The van der Waals surface area contributed by atoms with Gasteiger partial charge in [0.15, 0.2) is 6.61 Å². The Morgan fingerprint density at radius 2 is 1.78 bits per heavy atom. The second-order valence-corrected chi connectivity index (χ2v) is 6.15. The van der Waals surface area contributed by atoms with Crippen molar-refractivity contribution in [1.82, 2.24) is 4.83 Å². The van der Waals surface area contributed by atoms with Gasteiger partial charge in [-0.2, -0.15) is 13.5 Å². The Bertz CT molecular complexity index is 787. The molecule has 0 spiro atoms. The molecule has 0 aliphatic carbocycles. The molecule has 2 aromatic carbocycles. The third kappa shape index (κ3) is 5.11. The minimum atomic E-state index is -3.68. The second-order valence-electron chi connectivity index (χ2n) is 4.49. The number of nitrogens with zero attached hydrogens (tertiary/aromatic N) is 1. The molecule has 23 heavy (non-hydrogen) atoms. The van der Waals surface area contributed by atoms with Crippen LogP contribution < -0.4 is 15.3 Å². The number of sulfonamides is 1.